The maximum absolute atomic E-state index is 13.0. The van der Waals surface area contributed by atoms with Crippen LogP contribution in [0.2, 0.25) is 5.02 Å². The number of nitrogens with one attached hydrogen (secondary N) is 1. The van der Waals surface area contributed by atoms with Crippen LogP contribution in [0.4, 0.5) is 0 Å². The zero-order valence-corrected chi connectivity index (χ0v) is 23.3. The van der Waals surface area contributed by atoms with Gasteiger partial charge in [-0.3, -0.25) is 24.6 Å². The molecule has 0 bridgehead atoms. The molecular formula is C32H34ClN3O4. The van der Waals surface area contributed by atoms with Gasteiger partial charge >= 0.3 is 0 Å². The fraction of sp³-hybridized carbons (Fsp3) is 0.469. The van der Waals surface area contributed by atoms with Crippen LogP contribution >= 0.6 is 11.6 Å². The van der Waals surface area contributed by atoms with Crippen LogP contribution < -0.4 is 10.1 Å². The highest BCUT2D eigenvalue weighted by Gasteiger charge is 2.42. The highest BCUT2D eigenvalue weighted by molar-refractivity contribution is 6.30. The van der Waals surface area contributed by atoms with Gasteiger partial charge in [0, 0.05) is 43.2 Å². The van der Waals surface area contributed by atoms with Crippen molar-refractivity contribution in [1.29, 1.82) is 0 Å². The molecule has 2 aromatic carbocycles. The molecule has 40 heavy (non-hydrogen) atoms. The van der Waals surface area contributed by atoms with Gasteiger partial charge in [-0.15, -0.1) is 0 Å². The number of piperidine rings is 1. The number of halogens is 1. The van der Waals surface area contributed by atoms with E-state index in [0.29, 0.717) is 23.9 Å². The van der Waals surface area contributed by atoms with Crippen molar-refractivity contribution in [3.05, 3.63) is 69.8 Å². The van der Waals surface area contributed by atoms with Crippen molar-refractivity contribution in [2.45, 2.75) is 70.1 Å². The second-order valence-electron chi connectivity index (χ2n) is 12.3. The topological polar surface area (TPSA) is 79.0 Å². The van der Waals surface area contributed by atoms with E-state index in [1.807, 2.05) is 24.3 Å². The molecule has 1 spiro atoms. The van der Waals surface area contributed by atoms with Gasteiger partial charge in [0.05, 0.1) is 0 Å². The molecule has 3 amide bonds. The van der Waals surface area contributed by atoms with Crippen LogP contribution in [-0.2, 0) is 16.1 Å². The molecule has 1 atom stereocenters. The summed E-state index contributed by atoms with van der Waals surface area (Å²) in [6.45, 7) is 3.09. The average Bonchev–Trinajstić information content (AvgIpc) is 3.22. The number of nitrogens with zero attached hydrogens (tertiary/aromatic N) is 2. The molecule has 1 N–H and O–H groups in total. The number of benzene rings is 2. The van der Waals surface area contributed by atoms with Gasteiger partial charge in [-0.05, 0) is 91.0 Å². The van der Waals surface area contributed by atoms with E-state index >= 15 is 0 Å². The Morgan fingerprint density at radius 3 is 2.52 bits per heavy atom. The summed E-state index contributed by atoms with van der Waals surface area (Å²) >= 11 is 6.19. The van der Waals surface area contributed by atoms with Crippen LogP contribution in [0.1, 0.15) is 72.9 Å². The molecule has 1 saturated carbocycles. The van der Waals surface area contributed by atoms with Crippen LogP contribution in [0.25, 0.3) is 5.57 Å². The predicted molar refractivity (Wildman–Crippen MR) is 152 cm³/mol. The Labute approximate surface area is 239 Å². The lowest BCUT2D eigenvalue weighted by atomic mass is 9.59. The number of hydrogen-bond donors (Lipinski definition) is 1. The van der Waals surface area contributed by atoms with Gasteiger partial charge < -0.3 is 9.64 Å². The minimum atomic E-state index is -0.604. The third-order valence-electron chi connectivity index (χ3n) is 9.68. The summed E-state index contributed by atoms with van der Waals surface area (Å²) in [5, 5.41) is 3.13. The van der Waals surface area contributed by atoms with Gasteiger partial charge in [-0.1, -0.05) is 35.7 Å². The molecule has 3 fully saturated rings. The van der Waals surface area contributed by atoms with E-state index in [4.69, 9.17) is 16.3 Å². The smallest absolute Gasteiger partial charge is 0.255 e. The summed E-state index contributed by atoms with van der Waals surface area (Å²) in [4.78, 5) is 40.9. The van der Waals surface area contributed by atoms with E-state index in [9.17, 15) is 14.4 Å². The van der Waals surface area contributed by atoms with E-state index in [0.717, 1.165) is 36.0 Å². The van der Waals surface area contributed by atoms with Gasteiger partial charge in [-0.25, -0.2) is 0 Å². The maximum atomic E-state index is 13.0. The minimum Gasteiger partial charge on any atom is -0.488 e. The zero-order valence-electron chi connectivity index (χ0n) is 22.6. The third kappa shape index (κ3) is 4.73. The van der Waals surface area contributed by atoms with E-state index < -0.39 is 11.9 Å². The number of carbonyl (C=O) groups excluding carboxylic acids is 3. The lowest BCUT2D eigenvalue weighted by molar-refractivity contribution is -0.136. The van der Waals surface area contributed by atoms with Gasteiger partial charge in [0.25, 0.3) is 5.91 Å². The van der Waals surface area contributed by atoms with Gasteiger partial charge in [-0.2, -0.15) is 0 Å². The SMILES string of the molecule is O=C1CCC(N2Cc3cc(OC4CN(CC5=C(c6ccc(Cl)cc6)CC6(CCC6)CC5)C4)ccc3C2=O)C(=O)N1. The monoisotopic (exact) mass is 559 g/mol. The van der Waals surface area contributed by atoms with E-state index in [-0.39, 0.29) is 24.3 Å². The van der Waals surface area contributed by atoms with Crippen LogP contribution in [0.3, 0.4) is 0 Å². The molecule has 3 aliphatic heterocycles. The molecule has 7 nitrogen and oxygen atoms in total. The standard InChI is InChI=1S/C32H34ClN3O4/c33-23-4-2-20(3-5-23)27-15-32(11-1-12-32)13-10-21(27)16-35-18-25(19-35)40-24-6-7-26-22(14-24)17-36(31(26)39)28-8-9-29(37)34-30(28)38/h2-7,14,25,28H,1,8-13,15-19H2,(H,34,37,38). The molecule has 8 heteroatoms. The highest BCUT2D eigenvalue weighted by atomic mass is 35.5. The first-order valence-electron chi connectivity index (χ1n) is 14.5. The Morgan fingerprint density at radius 1 is 1.00 bits per heavy atom. The number of hydrogen-bond acceptors (Lipinski definition) is 5. The zero-order chi connectivity index (χ0) is 27.4. The second kappa shape index (κ2) is 10.0. The largest absolute Gasteiger partial charge is 0.488 e. The number of likely N-dealkylation sites (tertiary alicyclic amines) is 1. The number of imide groups is 1. The predicted octanol–water partition coefficient (Wildman–Crippen LogP) is 4.97. The molecule has 1 unspecified atom stereocenters. The highest BCUT2D eigenvalue weighted by Crippen LogP contribution is 2.55. The van der Waals surface area contributed by atoms with Crippen LogP contribution in [0, 0.1) is 5.41 Å². The molecular weight excluding hydrogens is 526 g/mol. The van der Waals surface area contributed by atoms with Crippen LogP contribution in [-0.4, -0.2) is 59.3 Å². The third-order valence-corrected chi connectivity index (χ3v) is 9.93. The van der Waals surface area contributed by atoms with Crippen LogP contribution in [0.5, 0.6) is 5.75 Å². The summed E-state index contributed by atoms with van der Waals surface area (Å²) in [6.07, 6.45) is 8.46. The summed E-state index contributed by atoms with van der Waals surface area (Å²) in [5.41, 5.74) is 6.39. The quantitative estimate of drug-likeness (QED) is 0.506. The molecule has 7 rings (SSSR count). The molecule has 208 valence electrons. The maximum Gasteiger partial charge on any atom is 0.255 e. The number of amides is 3. The number of allylic oxidation sites excluding steroid dienone is 1. The Kier molecular flexibility index (Phi) is 6.47. The summed E-state index contributed by atoms with van der Waals surface area (Å²) in [6, 6.07) is 13.4. The van der Waals surface area contributed by atoms with Gasteiger partial charge in [0.15, 0.2) is 0 Å². The average molecular weight is 560 g/mol. The Morgan fingerprint density at radius 2 is 1.80 bits per heavy atom. The summed E-state index contributed by atoms with van der Waals surface area (Å²) < 4.78 is 6.30. The number of fused-ring (bicyclic) bond motifs is 1. The van der Waals surface area contributed by atoms with E-state index in [1.54, 1.807) is 16.5 Å². The minimum absolute atomic E-state index is 0.113. The lowest BCUT2D eigenvalue weighted by Crippen LogP contribution is -2.54. The van der Waals surface area contributed by atoms with Crippen molar-refractivity contribution < 1.29 is 19.1 Å². The second-order valence-corrected chi connectivity index (χ2v) is 12.7. The molecule has 3 heterocycles. The lowest BCUT2D eigenvalue weighted by Gasteiger charge is -2.48. The van der Waals surface area contributed by atoms with Crippen molar-refractivity contribution in [3.63, 3.8) is 0 Å². The molecule has 2 saturated heterocycles. The molecule has 0 radical (unpaired) electrons. The first-order valence-corrected chi connectivity index (χ1v) is 14.9. The van der Waals surface area contributed by atoms with Gasteiger partial charge in [0.2, 0.25) is 11.8 Å². The number of rotatable bonds is 6. The number of ether oxygens (including phenoxy) is 1. The van der Waals surface area contributed by atoms with Crippen molar-refractivity contribution >= 4 is 34.9 Å². The van der Waals surface area contributed by atoms with Gasteiger partial charge in [0.1, 0.15) is 17.9 Å². The fourth-order valence-corrected chi connectivity index (χ4v) is 7.33. The molecule has 5 aliphatic rings. The van der Waals surface area contributed by atoms with E-state index in [2.05, 4.69) is 22.3 Å². The van der Waals surface area contributed by atoms with Crippen molar-refractivity contribution in [1.82, 2.24) is 15.1 Å². The molecule has 0 aromatic heterocycles. The van der Waals surface area contributed by atoms with Crippen molar-refractivity contribution in [2.24, 2.45) is 5.41 Å². The Bertz CT molecular complexity index is 1410. The Balaban J connectivity index is 0.984. The first kappa shape index (κ1) is 25.8. The molecule has 2 aromatic rings. The van der Waals surface area contributed by atoms with Crippen molar-refractivity contribution in [3.8, 4) is 5.75 Å². The fourth-order valence-electron chi connectivity index (χ4n) is 7.20. The summed E-state index contributed by atoms with van der Waals surface area (Å²) in [5.74, 6) is -0.0729. The first-order chi connectivity index (χ1) is 19.4. The normalized spacial score (nSPS) is 24.6. The number of carbonyl (C=O) groups is 3. The summed E-state index contributed by atoms with van der Waals surface area (Å²) in [7, 11) is 0. The molecule has 2 aliphatic carbocycles. The van der Waals surface area contributed by atoms with Crippen LogP contribution in [0.15, 0.2) is 48.0 Å². The van der Waals surface area contributed by atoms with E-state index in [1.165, 1.54) is 49.7 Å². The Hall–Kier alpha value is -3.16. The van der Waals surface area contributed by atoms with Crippen molar-refractivity contribution in [2.75, 3.05) is 19.6 Å².